The second-order valence-corrected chi connectivity index (χ2v) is 5.64. The summed E-state index contributed by atoms with van der Waals surface area (Å²) in [6.45, 7) is 6.54. The third-order valence-electron chi connectivity index (χ3n) is 3.45. The highest BCUT2D eigenvalue weighted by atomic mass is 16.1. The minimum atomic E-state index is -0.00841. The van der Waals surface area contributed by atoms with Crippen LogP contribution in [-0.4, -0.2) is 22.4 Å². The number of carbonyl (C=O) groups excluding carboxylic acids is 1. The van der Waals surface area contributed by atoms with Gasteiger partial charge < -0.3 is 10.6 Å². The quantitative estimate of drug-likeness (QED) is 0.821. The Bertz CT molecular complexity index is 670. The van der Waals surface area contributed by atoms with E-state index in [-0.39, 0.29) is 5.91 Å². The first-order valence-electron chi connectivity index (χ1n) is 8.01. The molecular weight excluding hydrogens is 288 g/mol. The van der Waals surface area contributed by atoms with E-state index in [0.717, 1.165) is 41.3 Å². The molecule has 0 aliphatic heterocycles. The average Bonchev–Trinajstić information content (AvgIpc) is 2.50. The predicted octanol–water partition coefficient (Wildman–Crippen LogP) is 3.49. The summed E-state index contributed by atoms with van der Waals surface area (Å²) in [5, 5.41) is 6.16. The van der Waals surface area contributed by atoms with Gasteiger partial charge in [0.05, 0.1) is 0 Å². The Morgan fingerprint density at radius 2 is 2.09 bits per heavy atom. The van der Waals surface area contributed by atoms with Crippen LogP contribution in [0.5, 0.6) is 0 Å². The lowest BCUT2D eigenvalue weighted by molar-refractivity contribution is -0.115. The molecular formula is C18H24N4O. The molecule has 0 fully saturated rings. The van der Waals surface area contributed by atoms with Crippen LogP contribution in [0, 0.1) is 13.8 Å². The highest BCUT2D eigenvalue weighted by Gasteiger charge is 2.07. The molecule has 1 heterocycles. The van der Waals surface area contributed by atoms with Gasteiger partial charge in [-0.15, -0.1) is 0 Å². The molecule has 0 saturated heterocycles. The van der Waals surface area contributed by atoms with Gasteiger partial charge in [0.2, 0.25) is 5.91 Å². The SMILES string of the molecule is CCCc1cnc(C)nc1NCCC(=O)Nc1cccc(C)c1. The Morgan fingerprint density at radius 1 is 1.26 bits per heavy atom. The number of rotatable bonds is 7. The van der Waals surface area contributed by atoms with Gasteiger partial charge in [0.25, 0.3) is 0 Å². The Labute approximate surface area is 137 Å². The number of hydrogen-bond donors (Lipinski definition) is 2. The van der Waals surface area contributed by atoms with Crippen molar-refractivity contribution in [1.82, 2.24) is 9.97 Å². The summed E-state index contributed by atoms with van der Waals surface area (Å²) in [4.78, 5) is 20.7. The predicted molar refractivity (Wildman–Crippen MR) is 93.7 cm³/mol. The maximum atomic E-state index is 12.0. The Morgan fingerprint density at radius 3 is 2.83 bits per heavy atom. The van der Waals surface area contributed by atoms with Crippen molar-refractivity contribution in [3.63, 3.8) is 0 Å². The molecule has 122 valence electrons. The van der Waals surface area contributed by atoms with Gasteiger partial charge in [-0.1, -0.05) is 25.5 Å². The van der Waals surface area contributed by atoms with Crippen molar-refractivity contribution < 1.29 is 4.79 Å². The van der Waals surface area contributed by atoms with E-state index in [1.807, 2.05) is 44.3 Å². The van der Waals surface area contributed by atoms with Gasteiger partial charge >= 0.3 is 0 Å². The number of nitrogens with zero attached hydrogens (tertiary/aromatic N) is 2. The number of aryl methyl sites for hydroxylation is 3. The van der Waals surface area contributed by atoms with Crippen molar-refractivity contribution in [2.24, 2.45) is 0 Å². The summed E-state index contributed by atoms with van der Waals surface area (Å²) in [6, 6.07) is 7.79. The molecule has 0 atom stereocenters. The number of aromatic nitrogens is 2. The topological polar surface area (TPSA) is 66.9 Å². The van der Waals surface area contributed by atoms with Crippen molar-refractivity contribution in [2.75, 3.05) is 17.2 Å². The van der Waals surface area contributed by atoms with E-state index in [4.69, 9.17) is 0 Å². The largest absolute Gasteiger partial charge is 0.369 e. The van der Waals surface area contributed by atoms with Crippen molar-refractivity contribution in [3.8, 4) is 0 Å². The number of hydrogen-bond acceptors (Lipinski definition) is 4. The second-order valence-electron chi connectivity index (χ2n) is 5.64. The average molecular weight is 312 g/mol. The molecule has 2 N–H and O–H groups in total. The first kappa shape index (κ1) is 16.9. The fourth-order valence-electron chi connectivity index (χ4n) is 2.34. The zero-order chi connectivity index (χ0) is 16.7. The lowest BCUT2D eigenvalue weighted by Gasteiger charge is -2.11. The van der Waals surface area contributed by atoms with Gasteiger partial charge in [0.15, 0.2) is 0 Å². The van der Waals surface area contributed by atoms with E-state index in [1.54, 1.807) is 0 Å². The highest BCUT2D eigenvalue weighted by molar-refractivity contribution is 5.91. The normalized spacial score (nSPS) is 10.4. The fraction of sp³-hybridized carbons (Fsp3) is 0.389. The van der Waals surface area contributed by atoms with Crippen molar-refractivity contribution >= 4 is 17.4 Å². The van der Waals surface area contributed by atoms with Gasteiger partial charge in [-0.05, 0) is 38.0 Å². The molecule has 1 aromatic heterocycles. The molecule has 0 radical (unpaired) electrons. The van der Waals surface area contributed by atoms with Crippen LogP contribution in [0.15, 0.2) is 30.5 Å². The lowest BCUT2D eigenvalue weighted by Crippen LogP contribution is -2.17. The number of benzene rings is 1. The minimum absolute atomic E-state index is 0.00841. The molecule has 23 heavy (non-hydrogen) atoms. The van der Waals surface area contributed by atoms with Crippen LogP contribution in [0.1, 0.15) is 36.7 Å². The van der Waals surface area contributed by atoms with Gasteiger partial charge in [-0.25, -0.2) is 9.97 Å². The number of carbonyl (C=O) groups is 1. The van der Waals surface area contributed by atoms with E-state index in [9.17, 15) is 4.79 Å². The molecule has 0 spiro atoms. The smallest absolute Gasteiger partial charge is 0.226 e. The molecule has 2 aromatic rings. The van der Waals surface area contributed by atoms with E-state index < -0.39 is 0 Å². The summed E-state index contributed by atoms with van der Waals surface area (Å²) >= 11 is 0. The first-order valence-corrected chi connectivity index (χ1v) is 8.01. The van der Waals surface area contributed by atoms with Crippen molar-refractivity contribution in [1.29, 1.82) is 0 Å². The summed E-state index contributed by atoms with van der Waals surface area (Å²) in [7, 11) is 0. The standard InChI is InChI=1S/C18H24N4O/c1-4-6-15-12-20-14(3)21-18(15)19-10-9-17(23)22-16-8-5-7-13(2)11-16/h5,7-8,11-12H,4,6,9-10H2,1-3H3,(H,22,23)(H,19,20,21). The van der Waals surface area contributed by atoms with Gasteiger partial charge in [-0.3, -0.25) is 4.79 Å². The van der Waals surface area contributed by atoms with E-state index in [0.29, 0.717) is 13.0 Å². The molecule has 0 saturated carbocycles. The Hall–Kier alpha value is -2.43. The van der Waals surface area contributed by atoms with Crippen LogP contribution in [-0.2, 0) is 11.2 Å². The van der Waals surface area contributed by atoms with Crippen LogP contribution in [0.25, 0.3) is 0 Å². The maximum absolute atomic E-state index is 12.0. The molecule has 5 nitrogen and oxygen atoms in total. The first-order chi connectivity index (χ1) is 11.1. The zero-order valence-corrected chi connectivity index (χ0v) is 14.0. The third kappa shape index (κ3) is 5.36. The Balaban J connectivity index is 1.87. The molecule has 0 aliphatic carbocycles. The van der Waals surface area contributed by atoms with Gasteiger partial charge in [0.1, 0.15) is 11.6 Å². The minimum Gasteiger partial charge on any atom is -0.369 e. The Kier molecular flexibility index (Phi) is 6.09. The fourth-order valence-corrected chi connectivity index (χ4v) is 2.34. The molecule has 0 bridgehead atoms. The van der Waals surface area contributed by atoms with E-state index in [2.05, 4.69) is 27.5 Å². The maximum Gasteiger partial charge on any atom is 0.226 e. The van der Waals surface area contributed by atoms with Crippen LogP contribution in [0.4, 0.5) is 11.5 Å². The monoisotopic (exact) mass is 312 g/mol. The van der Waals surface area contributed by atoms with E-state index >= 15 is 0 Å². The molecule has 1 aromatic carbocycles. The second kappa shape index (κ2) is 8.27. The summed E-state index contributed by atoms with van der Waals surface area (Å²) in [5.41, 5.74) is 3.05. The van der Waals surface area contributed by atoms with Crippen molar-refractivity contribution in [2.45, 2.75) is 40.0 Å². The van der Waals surface area contributed by atoms with Crippen LogP contribution < -0.4 is 10.6 Å². The third-order valence-corrected chi connectivity index (χ3v) is 3.45. The summed E-state index contributed by atoms with van der Waals surface area (Å²) in [6.07, 6.45) is 4.22. The van der Waals surface area contributed by atoms with Gasteiger partial charge in [0, 0.05) is 30.4 Å². The molecule has 0 unspecified atom stereocenters. The number of anilines is 2. The lowest BCUT2D eigenvalue weighted by atomic mass is 10.2. The number of amides is 1. The summed E-state index contributed by atoms with van der Waals surface area (Å²) < 4.78 is 0. The molecule has 1 amide bonds. The molecule has 5 heteroatoms. The highest BCUT2D eigenvalue weighted by Crippen LogP contribution is 2.14. The van der Waals surface area contributed by atoms with Crippen LogP contribution in [0.3, 0.4) is 0 Å². The number of nitrogens with one attached hydrogen (secondary N) is 2. The van der Waals surface area contributed by atoms with Gasteiger partial charge in [-0.2, -0.15) is 0 Å². The van der Waals surface area contributed by atoms with Crippen LogP contribution >= 0.6 is 0 Å². The van der Waals surface area contributed by atoms with Crippen LogP contribution in [0.2, 0.25) is 0 Å². The van der Waals surface area contributed by atoms with E-state index in [1.165, 1.54) is 0 Å². The molecule has 2 rings (SSSR count). The van der Waals surface area contributed by atoms with Crippen molar-refractivity contribution in [3.05, 3.63) is 47.4 Å². The summed E-state index contributed by atoms with van der Waals surface area (Å²) in [5.74, 6) is 1.56. The molecule has 0 aliphatic rings. The zero-order valence-electron chi connectivity index (χ0n) is 14.0.